The number of hydrogen-bond donors (Lipinski definition) is 2. The third-order valence-corrected chi connectivity index (χ3v) is 3.62. The van der Waals surface area contributed by atoms with Gasteiger partial charge >= 0.3 is 5.97 Å². The Labute approximate surface area is 137 Å². The SMILES string of the molecule is O=C(O)c1cn(-c2ccc(OCCO)cc2)c2ccccc2c1=O. The van der Waals surface area contributed by atoms with Crippen molar-refractivity contribution in [3.05, 3.63) is 70.5 Å². The van der Waals surface area contributed by atoms with E-state index in [0.717, 1.165) is 0 Å². The van der Waals surface area contributed by atoms with Crippen molar-refractivity contribution in [2.75, 3.05) is 13.2 Å². The van der Waals surface area contributed by atoms with Gasteiger partial charge in [-0.15, -0.1) is 0 Å². The molecule has 0 saturated heterocycles. The van der Waals surface area contributed by atoms with Crippen LogP contribution in [-0.2, 0) is 0 Å². The van der Waals surface area contributed by atoms with Crippen LogP contribution in [0.2, 0.25) is 0 Å². The second-order valence-corrected chi connectivity index (χ2v) is 5.13. The van der Waals surface area contributed by atoms with Crippen LogP contribution in [-0.4, -0.2) is 34.0 Å². The molecule has 3 aromatic rings. The molecule has 0 aliphatic rings. The van der Waals surface area contributed by atoms with Crippen molar-refractivity contribution >= 4 is 16.9 Å². The first kappa shape index (κ1) is 15.8. The number of para-hydroxylation sites is 1. The quantitative estimate of drug-likeness (QED) is 0.749. The van der Waals surface area contributed by atoms with Gasteiger partial charge in [-0.1, -0.05) is 12.1 Å². The first-order valence-corrected chi connectivity index (χ1v) is 7.33. The van der Waals surface area contributed by atoms with Gasteiger partial charge in [0.2, 0.25) is 5.43 Å². The van der Waals surface area contributed by atoms with E-state index in [1.165, 1.54) is 6.20 Å². The first-order valence-electron chi connectivity index (χ1n) is 7.33. The summed E-state index contributed by atoms with van der Waals surface area (Å²) in [4.78, 5) is 23.7. The second kappa shape index (κ2) is 6.55. The number of carboxylic acids is 1. The van der Waals surface area contributed by atoms with Crippen molar-refractivity contribution in [1.29, 1.82) is 0 Å². The van der Waals surface area contributed by atoms with Gasteiger partial charge in [-0.2, -0.15) is 0 Å². The Kier molecular flexibility index (Phi) is 4.31. The van der Waals surface area contributed by atoms with Crippen LogP contribution in [0.1, 0.15) is 10.4 Å². The molecule has 6 heteroatoms. The van der Waals surface area contributed by atoms with Gasteiger partial charge in [-0.3, -0.25) is 4.79 Å². The Morgan fingerprint density at radius 1 is 1.08 bits per heavy atom. The largest absolute Gasteiger partial charge is 0.491 e. The molecular weight excluding hydrogens is 310 g/mol. The van der Waals surface area contributed by atoms with Gasteiger partial charge in [0.05, 0.1) is 12.1 Å². The van der Waals surface area contributed by atoms with Gasteiger partial charge < -0.3 is 19.5 Å². The van der Waals surface area contributed by atoms with Gasteiger partial charge in [0, 0.05) is 17.3 Å². The van der Waals surface area contributed by atoms with E-state index in [9.17, 15) is 14.7 Å². The summed E-state index contributed by atoms with van der Waals surface area (Å²) in [6.07, 6.45) is 1.33. The molecule has 1 aromatic heterocycles. The lowest BCUT2D eigenvalue weighted by Crippen LogP contribution is -2.18. The molecule has 0 saturated carbocycles. The van der Waals surface area contributed by atoms with E-state index in [1.807, 2.05) is 0 Å². The zero-order valence-electron chi connectivity index (χ0n) is 12.7. The number of carboxylic acid groups (broad SMARTS) is 1. The fourth-order valence-electron chi connectivity index (χ4n) is 2.51. The smallest absolute Gasteiger partial charge is 0.341 e. The maximum Gasteiger partial charge on any atom is 0.341 e. The molecule has 0 radical (unpaired) electrons. The van der Waals surface area contributed by atoms with E-state index in [-0.39, 0.29) is 18.8 Å². The number of rotatable bonds is 5. The van der Waals surface area contributed by atoms with Crippen molar-refractivity contribution in [2.24, 2.45) is 0 Å². The normalized spacial score (nSPS) is 10.7. The van der Waals surface area contributed by atoms with Crippen molar-refractivity contribution in [1.82, 2.24) is 4.57 Å². The molecule has 0 atom stereocenters. The zero-order chi connectivity index (χ0) is 17.1. The van der Waals surface area contributed by atoms with E-state index in [4.69, 9.17) is 9.84 Å². The van der Waals surface area contributed by atoms with E-state index in [1.54, 1.807) is 53.1 Å². The summed E-state index contributed by atoms with van der Waals surface area (Å²) < 4.78 is 6.97. The van der Waals surface area contributed by atoms with Gasteiger partial charge in [-0.05, 0) is 36.4 Å². The Morgan fingerprint density at radius 2 is 1.79 bits per heavy atom. The molecule has 1 heterocycles. The summed E-state index contributed by atoms with van der Waals surface area (Å²) in [5.41, 5.74) is 0.535. The summed E-state index contributed by atoms with van der Waals surface area (Å²) in [6, 6.07) is 13.8. The van der Waals surface area contributed by atoms with Crippen molar-refractivity contribution in [3.8, 4) is 11.4 Å². The molecule has 122 valence electrons. The fraction of sp³-hybridized carbons (Fsp3) is 0.111. The number of aromatic carboxylic acids is 1. The molecule has 0 bridgehead atoms. The number of ether oxygens (including phenoxy) is 1. The van der Waals surface area contributed by atoms with Crippen LogP contribution < -0.4 is 10.2 Å². The molecule has 0 aliphatic heterocycles. The number of fused-ring (bicyclic) bond motifs is 1. The summed E-state index contributed by atoms with van der Waals surface area (Å²) in [7, 11) is 0. The molecular formula is C18H15NO5. The van der Waals surface area contributed by atoms with Gasteiger partial charge in [0.15, 0.2) is 0 Å². The van der Waals surface area contributed by atoms with E-state index in [2.05, 4.69) is 0 Å². The molecule has 6 nitrogen and oxygen atoms in total. The predicted octanol–water partition coefficient (Wildman–Crippen LogP) is 2.06. The number of aromatic nitrogens is 1. The minimum absolute atomic E-state index is 0.0753. The molecule has 0 amide bonds. The number of benzene rings is 2. The maximum atomic E-state index is 12.3. The lowest BCUT2D eigenvalue weighted by Gasteiger charge is -2.13. The number of carbonyl (C=O) groups is 1. The standard InChI is InChI=1S/C18H15NO5/c20-9-10-24-13-7-5-12(6-8-13)19-11-15(18(22)23)17(21)14-3-1-2-4-16(14)19/h1-8,11,20H,9-10H2,(H,22,23). The van der Waals surface area contributed by atoms with Gasteiger partial charge in [0.25, 0.3) is 0 Å². The van der Waals surface area contributed by atoms with Crippen LogP contribution >= 0.6 is 0 Å². The minimum Gasteiger partial charge on any atom is -0.491 e. The Hall–Kier alpha value is -3.12. The fourth-order valence-corrected chi connectivity index (χ4v) is 2.51. The van der Waals surface area contributed by atoms with Crippen molar-refractivity contribution in [3.63, 3.8) is 0 Å². The van der Waals surface area contributed by atoms with Crippen LogP contribution in [0, 0.1) is 0 Å². The molecule has 24 heavy (non-hydrogen) atoms. The predicted molar refractivity (Wildman–Crippen MR) is 89.1 cm³/mol. The van der Waals surface area contributed by atoms with Crippen molar-refractivity contribution < 1.29 is 19.7 Å². The lowest BCUT2D eigenvalue weighted by atomic mass is 10.1. The van der Waals surface area contributed by atoms with E-state index in [0.29, 0.717) is 22.3 Å². The summed E-state index contributed by atoms with van der Waals surface area (Å²) in [5, 5.41) is 18.4. The van der Waals surface area contributed by atoms with Crippen LogP contribution in [0.15, 0.2) is 59.5 Å². The highest BCUT2D eigenvalue weighted by molar-refractivity contribution is 5.93. The van der Waals surface area contributed by atoms with Gasteiger partial charge in [-0.25, -0.2) is 4.79 Å². The van der Waals surface area contributed by atoms with E-state index < -0.39 is 11.4 Å². The third-order valence-electron chi connectivity index (χ3n) is 3.62. The number of aliphatic hydroxyl groups is 1. The summed E-state index contributed by atoms with van der Waals surface area (Å²) in [5.74, 6) is -0.668. The molecule has 3 rings (SSSR count). The molecule has 0 fully saturated rings. The topological polar surface area (TPSA) is 88.8 Å². The van der Waals surface area contributed by atoms with Crippen LogP contribution in [0.3, 0.4) is 0 Å². The van der Waals surface area contributed by atoms with E-state index >= 15 is 0 Å². The highest BCUT2D eigenvalue weighted by Gasteiger charge is 2.14. The molecule has 0 aliphatic carbocycles. The number of pyridine rings is 1. The maximum absolute atomic E-state index is 12.3. The van der Waals surface area contributed by atoms with Crippen molar-refractivity contribution in [2.45, 2.75) is 0 Å². The first-order chi connectivity index (χ1) is 11.6. The summed E-state index contributed by atoms with van der Waals surface area (Å²) in [6.45, 7) is 0.123. The number of hydrogen-bond acceptors (Lipinski definition) is 4. The zero-order valence-corrected chi connectivity index (χ0v) is 12.7. The Bertz CT molecular complexity index is 944. The molecule has 2 N–H and O–H groups in total. The highest BCUT2D eigenvalue weighted by atomic mass is 16.5. The average Bonchev–Trinajstić information content (AvgIpc) is 2.61. The molecule has 0 unspecified atom stereocenters. The molecule has 2 aromatic carbocycles. The van der Waals surface area contributed by atoms with Crippen LogP contribution in [0.4, 0.5) is 0 Å². The van der Waals surface area contributed by atoms with Crippen LogP contribution in [0.5, 0.6) is 5.75 Å². The molecule has 0 spiro atoms. The Balaban J connectivity index is 2.16. The lowest BCUT2D eigenvalue weighted by molar-refractivity contribution is 0.0695. The number of nitrogens with zero attached hydrogens (tertiary/aromatic N) is 1. The van der Waals surface area contributed by atoms with Gasteiger partial charge in [0.1, 0.15) is 17.9 Å². The van der Waals surface area contributed by atoms with Crippen LogP contribution in [0.25, 0.3) is 16.6 Å². The third kappa shape index (κ3) is 2.87. The summed E-state index contributed by atoms with van der Waals surface area (Å²) >= 11 is 0. The number of aliphatic hydroxyl groups excluding tert-OH is 1. The average molecular weight is 325 g/mol. The monoisotopic (exact) mass is 325 g/mol. The minimum atomic E-state index is -1.26. The highest BCUT2D eigenvalue weighted by Crippen LogP contribution is 2.20. The Morgan fingerprint density at radius 3 is 2.46 bits per heavy atom. The second-order valence-electron chi connectivity index (χ2n) is 5.13.